The predicted molar refractivity (Wildman–Crippen MR) is 101 cm³/mol. The molecule has 1 aliphatic rings. The van der Waals surface area contributed by atoms with Gasteiger partial charge in [-0.1, -0.05) is 18.2 Å². The van der Waals surface area contributed by atoms with Crippen LogP contribution in [0.3, 0.4) is 0 Å². The first-order chi connectivity index (χ1) is 11.3. The molecule has 23 heavy (non-hydrogen) atoms. The highest BCUT2D eigenvalue weighted by molar-refractivity contribution is 7.99. The van der Waals surface area contributed by atoms with Gasteiger partial charge in [-0.05, 0) is 50.0 Å². The number of aromatic amines is 1. The number of benzene rings is 1. The number of nitrogens with zero attached hydrogens (tertiary/aromatic N) is 1. The number of guanidine groups is 1. The quantitative estimate of drug-likeness (QED) is 0.581. The Morgan fingerprint density at radius 1 is 1.35 bits per heavy atom. The lowest BCUT2D eigenvalue weighted by molar-refractivity contribution is 0.615. The summed E-state index contributed by atoms with van der Waals surface area (Å²) in [6.45, 7) is 3.67. The molecular weight excluding hydrogens is 304 g/mol. The van der Waals surface area contributed by atoms with Crippen molar-refractivity contribution in [2.24, 2.45) is 4.99 Å². The van der Waals surface area contributed by atoms with Crippen molar-refractivity contribution in [3.63, 3.8) is 0 Å². The average molecular weight is 331 g/mol. The number of hydrogen-bond donors (Lipinski definition) is 3. The summed E-state index contributed by atoms with van der Waals surface area (Å²) in [6, 6.07) is 11.1. The molecule has 3 rings (SSSR count). The van der Waals surface area contributed by atoms with Gasteiger partial charge in [-0.25, -0.2) is 4.99 Å². The average Bonchev–Trinajstić information content (AvgIpc) is 3.18. The Morgan fingerprint density at radius 2 is 2.22 bits per heavy atom. The van der Waals surface area contributed by atoms with Crippen molar-refractivity contribution in [1.29, 1.82) is 0 Å². The lowest BCUT2D eigenvalue weighted by atomic mass is 10.2. The van der Waals surface area contributed by atoms with Gasteiger partial charge in [0.25, 0.3) is 0 Å². The summed E-state index contributed by atoms with van der Waals surface area (Å²) in [6.07, 6.45) is 5.99. The van der Waals surface area contributed by atoms with E-state index in [1.165, 1.54) is 30.2 Å². The first kappa shape index (κ1) is 16.2. The van der Waals surface area contributed by atoms with Gasteiger partial charge in [0.05, 0.1) is 6.54 Å². The third-order valence-electron chi connectivity index (χ3n) is 4.40. The Morgan fingerprint density at radius 3 is 2.96 bits per heavy atom. The number of nitrogens with one attached hydrogen (secondary N) is 3. The summed E-state index contributed by atoms with van der Waals surface area (Å²) in [7, 11) is 0. The molecule has 0 bridgehead atoms. The van der Waals surface area contributed by atoms with Gasteiger partial charge >= 0.3 is 0 Å². The van der Waals surface area contributed by atoms with E-state index in [0.717, 1.165) is 23.4 Å². The minimum absolute atomic E-state index is 0.549. The first-order valence-corrected chi connectivity index (χ1v) is 9.71. The van der Waals surface area contributed by atoms with Gasteiger partial charge in [-0.15, -0.1) is 0 Å². The topological polar surface area (TPSA) is 52.2 Å². The number of rotatable bonds is 5. The van der Waals surface area contributed by atoms with Crippen molar-refractivity contribution < 1.29 is 0 Å². The van der Waals surface area contributed by atoms with Crippen molar-refractivity contribution in [2.45, 2.75) is 44.0 Å². The first-order valence-electron chi connectivity index (χ1n) is 8.42. The van der Waals surface area contributed by atoms with Crippen LogP contribution in [-0.2, 0) is 6.54 Å². The molecule has 1 aromatic heterocycles. The third kappa shape index (κ3) is 4.22. The van der Waals surface area contributed by atoms with Gasteiger partial charge in [0.1, 0.15) is 0 Å². The van der Waals surface area contributed by atoms with Crippen LogP contribution in [0.1, 0.15) is 31.9 Å². The highest BCUT2D eigenvalue weighted by Gasteiger charge is 2.24. The molecule has 124 valence electrons. The summed E-state index contributed by atoms with van der Waals surface area (Å²) in [5, 5.41) is 9.00. The van der Waals surface area contributed by atoms with Gasteiger partial charge < -0.3 is 15.6 Å². The maximum Gasteiger partial charge on any atom is 0.191 e. The van der Waals surface area contributed by atoms with Crippen molar-refractivity contribution >= 4 is 28.6 Å². The maximum atomic E-state index is 4.75. The van der Waals surface area contributed by atoms with E-state index in [1.54, 1.807) is 0 Å². The fraction of sp³-hybridized carbons (Fsp3) is 0.500. The van der Waals surface area contributed by atoms with Gasteiger partial charge in [0.2, 0.25) is 0 Å². The second-order valence-electron chi connectivity index (χ2n) is 6.09. The van der Waals surface area contributed by atoms with Crippen molar-refractivity contribution in [2.75, 3.05) is 12.8 Å². The van der Waals surface area contributed by atoms with Crippen LogP contribution >= 0.6 is 11.8 Å². The molecule has 1 fully saturated rings. The molecular formula is C18H26N4S. The Bertz CT molecular complexity index is 631. The molecule has 2 unspecified atom stereocenters. The lowest BCUT2D eigenvalue weighted by Gasteiger charge is -2.17. The van der Waals surface area contributed by atoms with Crippen molar-refractivity contribution in [3.05, 3.63) is 36.0 Å². The zero-order valence-electron chi connectivity index (χ0n) is 13.9. The van der Waals surface area contributed by atoms with E-state index in [0.29, 0.717) is 12.6 Å². The zero-order valence-corrected chi connectivity index (χ0v) is 14.7. The minimum Gasteiger partial charge on any atom is -0.357 e. The smallest absolute Gasteiger partial charge is 0.191 e. The number of hydrogen-bond acceptors (Lipinski definition) is 2. The van der Waals surface area contributed by atoms with Crippen LogP contribution < -0.4 is 10.6 Å². The molecule has 1 heterocycles. The fourth-order valence-corrected chi connectivity index (χ4v) is 3.98. The lowest BCUT2D eigenvalue weighted by Crippen LogP contribution is -2.42. The minimum atomic E-state index is 0.549. The number of para-hydroxylation sites is 1. The second-order valence-corrected chi connectivity index (χ2v) is 7.23. The van der Waals surface area contributed by atoms with E-state index in [1.807, 2.05) is 11.8 Å². The van der Waals surface area contributed by atoms with Crippen molar-refractivity contribution in [1.82, 2.24) is 15.6 Å². The highest BCUT2D eigenvalue weighted by atomic mass is 32.2. The Kier molecular flexibility index (Phi) is 5.49. The van der Waals surface area contributed by atoms with Gasteiger partial charge in [-0.2, -0.15) is 11.8 Å². The van der Waals surface area contributed by atoms with Crippen LogP contribution in [0.5, 0.6) is 0 Å². The molecule has 5 heteroatoms. The van der Waals surface area contributed by atoms with Gasteiger partial charge in [0.15, 0.2) is 5.96 Å². The van der Waals surface area contributed by atoms with Crippen LogP contribution in [0.15, 0.2) is 35.3 Å². The predicted octanol–water partition coefficient (Wildman–Crippen LogP) is 3.51. The van der Waals surface area contributed by atoms with Crippen LogP contribution in [0.4, 0.5) is 0 Å². The summed E-state index contributed by atoms with van der Waals surface area (Å²) in [4.78, 5) is 8.19. The van der Waals surface area contributed by atoms with E-state index in [2.05, 4.69) is 59.1 Å². The van der Waals surface area contributed by atoms with Gasteiger partial charge in [-0.3, -0.25) is 0 Å². The summed E-state index contributed by atoms with van der Waals surface area (Å²) >= 11 is 1.98. The van der Waals surface area contributed by atoms with Crippen molar-refractivity contribution in [3.8, 4) is 0 Å². The SMILES string of the molecule is CCNC(=NCc1cc2ccccc2[nH]1)NC1CCC(SC)C1. The van der Waals surface area contributed by atoms with E-state index >= 15 is 0 Å². The molecule has 1 aliphatic carbocycles. The normalized spacial score (nSPS) is 21.7. The molecule has 0 amide bonds. The highest BCUT2D eigenvalue weighted by Crippen LogP contribution is 2.28. The Balaban J connectivity index is 1.64. The monoisotopic (exact) mass is 330 g/mol. The number of aliphatic imine (C=N–C) groups is 1. The van der Waals surface area contributed by atoms with Crippen LogP contribution in [-0.4, -0.2) is 35.0 Å². The van der Waals surface area contributed by atoms with Crippen LogP contribution in [0.2, 0.25) is 0 Å². The molecule has 3 N–H and O–H groups in total. The zero-order chi connectivity index (χ0) is 16.1. The largest absolute Gasteiger partial charge is 0.357 e. The van der Waals surface area contributed by atoms with Crippen LogP contribution in [0.25, 0.3) is 10.9 Å². The molecule has 2 atom stereocenters. The molecule has 0 aliphatic heterocycles. The third-order valence-corrected chi connectivity index (χ3v) is 5.49. The molecule has 1 aromatic carbocycles. The molecule has 0 saturated heterocycles. The van der Waals surface area contributed by atoms with E-state index in [-0.39, 0.29) is 0 Å². The Hall–Kier alpha value is -1.62. The standard InChI is InChI=1S/C18H26N4S/c1-3-19-18(22-14-8-9-16(11-14)23-2)20-12-15-10-13-6-4-5-7-17(13)21-15/h4-7,10,14,16,21H,3,8-9,11-12H2,1-2H3,(H2,19,20,22). The summed E-state index contributed by atoms with van der Waals surface area (Å²) < 4.78 is 0. The maximum absolute atomic E-state index is 4.75. The van der Waals surface area contributed by atoms with E-state index in [4.69, 9.17) is 4.99 Å². The number of fused-ring (bicyclic) bond motifs is 1. The van der Waals surface area contributed by atoms with E-state index < -0.39 is 0 Å². The molecule has 1 saturated carbocycles. The second kappa shape index (κ2) is 7.77. The molecule has 4 nitrogen and oxygen atoms in total. The summed E-state index contributed by atoms with van der Waals surface area (Å²) in [5.41, 5.74) is 2.33. The molecule has 2 aromatic rings. The van der Waals surface area contributed by atoms with Gasteiger partial charge in [0, 0.05) is 29.0 Å². The number of H-pyrrole nitrogens is 1. The van der Waals surface area contributed by atoms with Crippen LogP contribution in [0, 0.1) is 0 Å². The summed E-state index contributed by atoms with van der Waals surface area (Å²) in [5.74, 6) is 0.929. The Labute approximate surface area is 142 Å². The molecule has 0 spiro atoms. The molecule has 0 radical (unpaired) electrons. The fourth-order valence-electron chi connectivity index (χ4n) is 3.18. The number of aromatic nitrogens is 1. The number of thioether (sulfide) groups is 1. The van der Waals surface area contributed by atoms with E-state index in [9.17, 15) is 0 Å².